The van der Waals surface area contributed by atoms with Crippen LogP contribution in [0, 0.1) is 11.3 Å². The minimum Gasteiger partial charge on any atom is -0.343 e. The zero-order valence-electron chi connectivity index (χ0n) is 10.1. The van der Waals surface area contributed by atoms with E-state index in [9.17, 15) is 22.8 Å². The van der Waals surface area contributed by atoms with Crippen molar-refractivity contribution in [1.82, 2.24) is 5.32 Å². The number of anilines is 1. The second-order valence-corrected chi connectivity index (χ2v) is 3.76. The van der Waals surface area contributed by atoms with Crippen LogP contribution in [0.25, 0.3) is 0 Å². The van der Waals surface area contributed by atoms with Crippen molar-refractivity contribution in [2.75, 3.05) is 11.9 Å². The highest BCUT2D eigenvalue weighted by atomic mass is 19.4. The molecule has 0 aliphatic rings. The zero-order chi connectivity index (χ0) is 15.2. The smallest absolute Gasteiger partial charge is 0.343 e. The van der Waals surface area contributed by atoms with Crippen molar-refractivity contribution in [3.8, 4) is 6.07 Å². The van der Waals surface area contributed by atoms with Crippen LogP contribution in [0.2, 0.25) is 0 Å². The molecule has 106 valence electrons. The minimum absolute atomic E-state index is 0.0241. The first-order valence-electron chi connectivity index (χ1n) is 5.43. The van der Waals surface area contributed by atoms with E-state index in [0.717, 1.165) is 0 Å². The lowest BCUT2D eigenvalue weighted by molar-refractivity contribution is -0.123. The molecule has 0 bridgehead atoms. The summed E-state index contributed by atoms with van der Waals surface area (Å²) in [5.74, 6) is -1.47. The van der Waals surface area contributed by atoms with Gasteiger partial charge in [-0.15, -0.1) is 0 Å². The number of amides is 2. The maximum atomic E-state index is 12.0. The van der Waals surface area contributed by atoms with Crippen LogP contribution in [-0.2, 0) is 4.79 Å². The summed E-state index contributed by atoms with van der Waals surface area (Å²) in [6.45, 7) is -1.43. The molecule has 0 unspecified atom stereocenters. The van der Waals surface area contributed by atoms with E-state index in [1.54, 1.807) is 11.4 Å². The fourth-order valence-electron chi connectivity index (χ4n) is 1.30. The number of nitrogens with one attached hydrogen (secondary N) is 2. The van der Waals surface area contributed by atoms with Gasteiger partial charge in [0.15, 0.2) is 0 Å². The third-order valence-electron chi connectivity index (χ3n) is 2.10. The lowest BCUT2D eigenvalue weighted by Gasteiger charge is -2.09. The number of nitriles is 1. The Balaban J connectivity index is 2.70. The molecule has 0 aromatic heterocycles. The van der Waals surface area contributed by atoms with Gasteiger partial charge in [-0.05, 0) is 18.2 Å². The molecule has 1 rings (SSSR count). The van der Waals surface area contributed by atoms with E-state index in [-0.39, 0.29) is 17.7 Å². The van der Waals surface area contributed by atoms with Gasteiger partial charge in [-0.2, -0.15) is 18.4 Å². The van der Waals surface area contributed by atoms with Gasteiger partial charge in [-0.3, -0.25) is 9.59 Å². The van der Waals surface area contributed by atoms with Crippen molar-refractivity contribution >= 4 is 17.5 Å². The van der Waals surface area contributed by atoms with Gasteiger partial charge in [0.05, 0.1) is 6.07 Å². The second kappa shape index (κ2) is 6.56. The molecule has 0 heterocycles. The van der Waals surface area contributed by atoms with E-state index in [0.29, 0.717) is 0 Å². The zero-order valence-corrected chi connectivity index (χ0v) is 10.1. The molecular weight excluding hydrogens is 275 g/mol. The van der Waals surface area contributed by atoms with E-state index in [1.807, 2.05) is 0 Å². The Morgan fingerprint density at radius 3 is 2.60 bits per heavy atom. The Morgan fingerprint density at radius 2 is 2.00 bits per heavy atom. The molecule has 0 atom stereocenters. The molecule has 1 aromatic carbocycles. The third kappa shape index (κ3) is 5.39. The van der Waals surface area contributed by atoms with Crippen molar-refractivity contribution in [2.45, 2.75) is 12.6 Å². The molecule has 0 saturated heterocycles. The average Bonchev–Trinajstić information content (AvgIpc) is 2.35. The number of hydrogen-bond acceptors (Lipinski definition) is 3. The summed E-state index contributed by atoms with van der Waals surface area (Å²) in [7, 11) is 0. The minimum atomic E-state index is -4.49. The second-order valence-electron chi connectivity index (χ2n) is 3.76. The fraction of sp³-hybridized carbons (Fsp3) is 0.250. The summed E-state index contributed by atoms with van der Waals surface area (Å²) < 4.78 is 35.9. The standard InChI is InChI=1S/C12H10F3N3O2/c13-12(14,15)7-17-11(20)8-2-1-3-9(6-8)18-10(19)4-5-16/h1-3,6H,4,7H2,(H,17,20)(H,18,19). The molecule has 0 fully saturated rings. The maximum absolute atomic E-state index is 12.0. The topological polar surface area (TPSA) is 82.0 Å². The summed E-state index contributed by atoms with van der Waals surface area (Å²) >= 11 is 0. The van der Waals surface area contributed by atoms with Crippen molar-refractivity contribution in [2.24, 2.45) is 0 Å². The highest BCUT2D eigenvalue weighted by Gasteiger charge is 2.27. The summed E-state index contributed by atoms with van der Waals surface area (Å²) in [5.41, 5.74) is 0.203. The average molecular weight is 285 g/mol. The van der Waals surface area contributed by atoms with Crippen molar-refractivity contribution < 1.29 is 22.8 Å². The third-order valence-corrected chi connectivity index (χ3v) is 2.10. The maximum Gasteiger partial charge on any atom is 0.405 e. The van der Waals surface area contributed by atoms with Gasteiger partial charge in [0.2, 0.25) is 5.91 Å². The molecule has 5 nitrogen and oxygen atoms in total. The SMILES string of the molecule is N#CCC(=O)Nc1cccc(C(=O)NCC(F)(F)F)c1. The fourth-order valence-corrected chi connectivity index (χ4v) is 1.30. The molecule has 0 aliphatic heterocycles. The molecule has 2 N–H and O–H groups in total. The van der Waals surface area contributed by atoms with Crippen LogP contribution in [0.3, 0.4) is 0 Å². The Kier molecular flexibility index (Phi) is 5.08. The van der Waals surface area contributed by atoms with Crippen LogP contribution < -0.4 is 10.6 Å². The Bertz CT molecular complexity index is 550. The van der Waals surface area contributed by atoms with Gasteiger partial charge in [0.25, 0.3) is 5.91 Å². The van der Waals surface area contributed by atoms with Gasteiger partial charge in [-0.1, -0.05) is 6.07 Å². The highest BCUT2D eigenvalue weighted by molar-refractivity contribution is 5.97. The molecule has 0 radical (unpaired) electrons. The number of nitrogens with zero attached hydrogens (tertiary/aromatic N) is 1. The van der Waals surface area contributed by atoms with E-state index >= 15 is 0 Å². The molecule has 0 spiro atoms. The van der Waals surface area contributed by atoms with Crippen LogP contribution in [0.1, 0.15) is 16.8 Å². The van der Waals surface area contributed by atoms with Crippen LogP contribution in [0.4, 0.5) is 18.9 Å². The molecule has 0 saturated carbocycles. The van der Waals surface area contributed by atoms with E-state index in [1.165, 1.54) is 24.3 Å². The monoisotopic (exact) mass is 285 g/mol. The summed E-state index contributed by atoms with van der Waals surface area (Å²) in [4.78, 5) is 22.6. The predicted molar refractivity (Wildman–Crippen MR) is 63.7 cm³/mol. The number of alkyl halides is 3. The van der Waals surface area contributed by atoms with Crippen molar-refractivity contribution in [3.63, 3.8) is 0 Å². The normalized spacial score (nSPS) is 10.5. The number of carbonyl (C=O) groups excluding carboxylic acids is 2. The number of benzene rings is 1. The lowest BCUT2D eigenvalue weighted by atomic mass is 10.2. The Hall–Kier alpha value is -2.56. The van der Waals surface area contributed by atoms with Gasteiger partial charge in [0.1, 0.15) is 13.0 Å². The lowest BCUT2D eigenvalue weighted by Crippen LogP contribution is -2.33. The van der Waals surface area contributed by atoms with Crippen molar-refractivity contribution in [1.29, 1.82) is 5.26 Å². The number of halogens is 3. The Labute approximate surface area is 112 Å². The van der Waals surface area contributed by atoms with E-state index < -0.39 is 24.5 Å². The molecule has 2 amide bonds. The van der Waals surface area contributed by atoms with Gasteiger partial charge in [-0.25, -0.2) is 0 Å². The first kappa shape index (κ1) is 15.5. The number of hydrogen-bond donors (Lipinski definition) is 2. The molecule has 8 heteroatoms. The number of carbonyl (C=O) groups is 2. The highest BCUT2D eigenvalue weighted by Crippen LogP contribution is 2.14. The van der Waals surface area contributed by atoms with Crippen molar-refractivity contribution in [3.05, 3.63) is 29.8 Å². The Morgan fingerprint density at radius 1 is 1.30 bits per heavy atom. The van der Waals surface area contributed by atoms with Crippen LogP contribution >= 0.6 is 0 Å². The largest absolute Gasteiger partial charge is 0.405 e. The van der Waals surface area contributed by atoms with Crippen LogP contribution in [0.5, 0.6) is 0 Å². The number of rotatable bonds is 4. The predicted octanol–water partition coefficient (Wildman–Crippen LogP) is 1.83. The molecule has 0 aliphatic carbocycles. The van der Waals surface area contributed by atoms with E-state index in [2.05, 4.69) is 5.32 Å². The van der Waals surface area contributed by atoms with Gasteiger partial charge in [0, 0.05) is 11.3 Å². The van der Waals surface area contributed by atoms with Crippen LogP contribution in [0.15, 0.2) is 24.3 Å². The quantitative estimate of drug-likeness (QED) is 0.885. The molecule has 1 aromatic rings. The molecule has 20 heavy (non-hydrogen) atoms. The summed E-state index contributed by atoms with van der Waals surface area (Å²) in [6.07, 6.45) is -4.85. The molecular formula is C12H10F3N3O2. The summed E-state index contributed by atoms with van der Waals surface area (Å²) in [5, 5.41) is 12.4. The van der Waals surface area contributed by atoms with Gasteiger partial charge >= 0.3 is 6.18 Å². The van der Waals surface area contributed by atoms with Crippen LogP contribution in [-0.4, -0.2) is 24.5 Å². The van der Waals surface area contributed by atoms with Gasteiger partial charge < -0.3 is 10.6 Å². The first-order valence-corrected chi connectivity index (χ1v) is 5.43. The summed E-state index contributed by atoms with van der Waals surface area (Å²) in [6, 6.07) is 7.04. The first-order chi connectivity index (χ1) is 9.31. The van der Waals surface area contributed by atoms with E-state index in [4.69, 9.17) is 5.26 Å².